The number of hydrogen-bond donors (Lipinski definition) is 1. The second-order valence-electron chi connectivity index (χ2n) is 4.53. The van der Waals surface area contributed by atoms with Gasteiger partial charge in [0.05, 0.1) is 17.4 Å². The maximum atomic E-state index is 11.9. The van der Waals surface area contributed by atoms with Crippen molar-refractivity contribution in [2.45, 2.75) is 56.9 Å². The van der Waals surface area contributed by atoms with Crippen LogP contribution in [0.3, 0.4) is 0 Å². The minimum atomic E-state index is -3.24. The molecule has 15 heavy (non-hydrogen) atoms. The highest BCUT2D eigenvalue weighted by atomic mass is 32.2. The fraction of sp³-hybridized carbons (Fsp3) is 1.00. The highest BCUT2D eigenvalue weighted by molar-refractivity contribution is 7.89. The normalized spacial score (nSPS) is 28.7. The van der Waals surface area contributed by atoms with Crippen molar-refractivity contribution in [2.75, 3.05) is 7.05 Å². The Morgan fingerprint density at radius 1 is 1.27 bits per heavy atom. The summed E-state index contributed by atoms with van der Waals surface area (Å²) in [5.41, 5.74) is 0. The first-order valence-corrected chi connectivity index (χ1v) is 7.02. The van der Waals surface area contributed by atoms with E-state index in [-0.39, 0.29) is 6.04 Å². The van der Waals surface area contributed by atoms with E-state index in [4.69, 9.17) is 0 Å². The van der Waals surface area contributed by atoms with E-state index in [0.29, 0.717) is 6.42 Å². The zero-order chi connectivity index (χ0) is 11.6. The second kappa shape index (κ2) is 4.80. The van der Waals surface area contributed by atoms with E-state index in [9.17, 15) is 13.5 Å². The SMILES string of the molecule is CC(C)S(=O)(=O)N(C)C1CCCCC1O. The first-order valence-electron chi connectivity index (χ1n) is 5.52. The molecule has 0 aromatic heterocycles. The summed E-state index contributed by atoms with van der Waals surface area (Å²) in [6.07, 6.45) is 2.97. The fourth-order valence-electron chi connectivity index (χ4n) is 2.04. The first kappa shape index (κ1) is 12.9. The Morgan fingerprint density at radius 3 is 2.27 bits per heavy atom. The highest BCUT2D eigenvalue weighted by Gasteiger charge is 2.34. The van der Waals surface area contributed by atoms with Gasteiger partial charge in [-0.3, -0.25) is 0 Å². The third kappa shape index (κ3) is 2.71. The fourth-order valence-corrected chi connectivity index (χ4v) is 3.33. The van der Waals surface area contributed by atoms with Crippen LogP contribution in [0.1, 0.15) is 39.5 Å². The van der Waals surface area contributed by atoms with Crippen molar-refractivity contribution in [3.05, 3.63) is 0 Å². The van der Waals surface area contributed by atoms with Gasteiger partial charge < -0.3 is 5.11 Å². The molecule has 0 radical (unpaired) electrons. The van der Waals surface area contributed by atoms with Crippen LogP contribution in [0.5, 0.6) is 0 Å². The van der Waals surface area contributed by atoms with E-state index in [1.165, 1.54) is 4.31 Å². The summed E-state index contributed by atoms with van der Waals surface area (Å²) in [5.74, 6) is 0. The topological polar surface area (TPSA) is 57.6 Å². The van der Waals surface area contributed by atoms with Crippen molar-refractivity contribution in [2.24, 2.45) is 0 Å². The molecule has 2 unspecified atom stereocenters. The number of hydrogen-bond acceptors (Lipinski definition) is 3. The van der Waals surface area contributed by atoms with E-state index in [1.54, 1.807) is 20.9 Å². The summed E-state index contributed by atoms with van der Waals surface area (Å²) in [4.78, 5) is 0. The van der Waals surface area contributed by atoms with Gasteiger partial charge in [-0.25, -0.2) is 8.42 Å². The third-order valence-corrected chi connectivity index (χ3v) is 5.42. The lowest BCUT2D eigenvalue weighted by molar-refractivity contribution is 0.0635. The number of nitrogens with zero attached hydrogens (tertiary/aromatic N) is 1. The Morgan fingerprint density at radius 2 is 1.80 bits per heavy atom. The zero-order valence-corrected chi connectivity index (χ0v) is 10.5. The summed E-state index contributed by atoms with van der Waals surface area (Å²) < 4.78 is 25.1. The van der Waals surface area contributed by atoms with Crippen LogP contribution in [0, 0.1) is 0 Å². The van der Waals surface area contributed by atoms with Crippen molar-refractivity contribution < 1.29 is 13.5 Å². The number of aliphatic hydroxyl groups excluding tert-OH is 1. The van der Waals surface area contributed by atoms with Crippen molar-refractivity contribution in [3.63, 3.8) is 0 Å². The summed E-state index contributed by atoms with van der Waals surface area (Å²) in [6.45, 7) is 3.34. The quantitative estimate of drug-likeness (QED) is 0.792. The lowest BCUT2D eigenvalue weighted by Gasteiger charge is -2.35. The Hall–Kier alpha value is -0.130. The first-order chi connectivity index (χ1) is 6.87. The third-order valence-electron chi connectivity index (χ3n) is 3.16. The van der Waals surface area contributed by atoms with Gasteiger partial charge in [0.2, 0.25) is 10.0 Å². The van der Waals surface area contributed by atoms with Gasteiger partial charge in [-0.15, -0.1) is 0 Å². The molecule has 0 aromatic rings. The average Bonchev–Trinajstić information content (AvgIpc) is 2.17. The number of likely N-dealkylation sites (N-methyl/N-ethyl adjacent to an activating group) is 1. The van der Waals surface area contributed by atoms with Crippen LogP contribution in [0.4, 0.5) is 0 Å². The monoisotopic (exact) mass is 235 g/mol. The van der Waals surface area contributed by atoms with Crippen LogP contribution < -0.4 is 0 Å². The zero-order valence-electron chi connectivity index (χ0n) is 9.68. The molecule has 1 aliphatic rings. The van der Waals surface area contributed by atoms with Crippen molar-refractivity contribution in [1.82, 2.24) is 4.31 Å². The van der Waals surface area contributed by atoms with Crippen LogP contribution >= 0.6 is 0 Å². The number of rotatable bonds is 3. The summed E-state index contributed by atoms with van der Waals surface area (Å²) >= 11 is 0. The van der Waals surface area contributed by atoms with Crippen molar-refractivity contribution >= 4 is 10.0 Å². The molecule has 0 aliphatic heterocycles. The standard InChI is InChI=1S/C10H21NO3S/c1-8(2)15(13,14)11(3)9-6-4-5-7-10(9)12/h8-10,12H,4-7H2,1-3H3. The van der Waals surface area contributed by atoms with Crippen molar-refractivity contribution in [1.29, 1.82) is 0 Å². The van der Waals surface area contributed by atoms with Crippen LogP contribution in [-0.4, -0.2) is 42.3 Å². The maximum absolute atomic E-state index is 11.9. The van der Waals surface area contributed by atoms with Crippen LogP contribution in [-0.2, 0) is 10.0 Å². The summed E-state index contributed by atoms with van der Waals surface area (Å²) in [6, 6.07) is -0.230. The van der Waals surface area contributed by atoms with Gasteiger partial charge in [0.15, 0.2) is 0 Å². The number of aliphatic hydroxyl groups is 1. The van der Waals surface area contributed by atoms with E-state index in [0.717, 1.165) is 19.3 Å². The van der Waals surface area contributed by atoms with Crippen molar-refractivity contribution in [3.8, 4) is 0 Å². The predicted octanol–water partition coefficient (Wildman–Crippen LogP) is 0.960. The van der Waals surface area contributed by atoms with Gasteiger partial charge in [-0.05, 0) is 26.7 Å². The molecule has 0 aromatic carbocycles. The molecule has 1 rings (SSSR count). The van der Waals surface area contributed by atoms with E-state index >= 15 is 0 Å². The van der Waals surface area contributed by atoms with Gasteiger partial charge in [-0.1, -0.05) is 12.8 Å². The molecule has 4 nitrogen and oxygen atoms in total. The lowest BCUT2D eigenvalue weighted by Crippen LogP contribution is -2.48. The molecular weight excluding hydrogens is 214 g/mol. The average molecular weight is 235 g/mol. The number of sulfonamides is 1. The van der Waals surface area contributed by atoms with E-state index in [1.807, 2.05) is 0 Å². The van der Waals surface area contributed by atoms with Crippen LogP contribution in [0.25, 0.3) is 0 Å². The molecule has 0 bridgehead atoms. The minimum absolute atomic E-state index is 0.230. The van der Waals surface area contributed by atoms with Gasteiger partial charge >= 0.3 is 0 Å². The minimum Gasteiger partial charge on any atom is -0.391 e. The molecule has 1 aliphatic carbocycles. The Bertz CT molecular complexity index is 300. The van der Waals surface area contributed by atoms with E-state index < -0.39 is 21.4 Å². The molecular formula is C10H21NO3S. The van der Waals surface area contributed by atoms with Crippen LogP contribution in [0.2, 0.25) is 0 Å². The molecule has 1 fully saturated rings. The van der Waals surface area contributed by atoms with Gasteiger partial charge in [0.25, 0.3) is 0 Å². The molecule has 1 N–H and O–H groups in total. The Labute approximate surface area is 92.3 Å². The molecule has 0 amide bonds. The van der Waals surface area contributed by atoms with Gasteiger partial charge in [0.1, 0.15) is 0 Å². The maximum Gasteiger partial charge on any atom is 0.216 e. The van der Waals surface area contributed by atoms with Gasteiger partial charge in [-0.2, -0.15) is 4.31 Å². The predicted molar refractivity (Wildman–Crippen MR) is 60.1 cm³/mol. The highest BCUT2D eigenvalue weighted by Crippen LogP contribution is 2.25. The van der Waals surface area contributed by atoms with Gasteiger partial charge in [0, 0.05) is 7.05 Å². The molecule has 90 valence electrons. The lowest BCUT2D eigenvalue weighted by atomic mass is 9.93. The summed E-state index contributed by atoms with van der Waals surface area (Å²) in [7, 11) is -1.66. The smallest absolute Gasteiger partial charge is 0.216 e. The molecule has 0 spiro atoms. The molecule has 1 saturated carbocycles. The molecule has 0 saturated heterocycles. The Balaban J connectivity index is 2.79. The molecule has 2 atom stereocenters. The Kier molecular flexibility index (Phi) is 4.14. The molecule has 5 heteroatoms. The molecule has 0 heterocycles. The van der Waals surface area contributed by atoms with Crippen LogP contribution in [0.15, 0.2) is 0 Å². The van der Waals surface area contributed by atoms with E-state index in [2.05, 4.69) is 0 Å². The second-order valence-corrected chi connectivity index (χ2v) is 7.08. The summed E-state index contributed by atoms with van der Waals surface area (Å²) in [5, 5.41) is 9.36. The largest absolute Gasteiger partial charge is 0.391 e.